The maximum Gasteiger partial charge on any atom is 0.496 e. The summed E-state index contributed by atoms with van der Waals surface area (Å²) in [6.07, 6.45) is -2.68. The first-order valence-corrected chi connectivity index (χ1v) is 6.36. The van der Waals surface area contributed by atoms with Gasteiger partial charge in [0.2, 0.25) is 0 Å². The van der Waals surface area contributed by atoms with E-state index in [9.17, 15) is 8.78 Å². The van der Waals surface area contributed by atoms with Gasteiger partial charge in [-0.05, 0) is 33.8 Å². The van der Waals surface area contributed by atoms with Crippen molar-refractivity contribution in [2.45, 2.75) is 45.3 Å². The molecule has 0 amide bonds. The van der Waals surface area contributed by atoms with Crippen LogP contribution < -0.4 is 5.46 Å². The Morgan fingerprint density at radius 1 is 1.15 bits per heavy atom. The van der Waals surface area contributed by atoms with Gasteiger partial charge in [0.05, 0.1) is 22.8 Å². The molecule has 0 N–H and O–H groups in total. The average Bonchev–Trinajstić information content (AvgIpc) is 2.57. The van der Waals surface area contributed by atoms with Crippen molar-refractivity contribution < 1.29 is 18.1 Å². The average molecular weight is 279 g/mol. The summed E-state index contributed by atoms with van der Waals surface area (Å²) in [7, 11) is -0.958. The van der Waals surface area contributed by atoms with Crippen LogP contribution in [-0.4, -0.2) is 18.3 Å². The van der Waals surface area contributed by atoms with E-state index < -0.39 is 24.7 Å². The molecule has 1 aliphatic rings. The number of halogens is 2. The van der Waals surface area contributed by atoms with Crippen LogP contribution in [0.3, 0.4) is 0 Å². The molecule has 0 aromatic heterocycles. The van der Waals surface area contributed by atoms with E-state index in [0.717, 1.165) is 0 Å². The quantitative estimate of drug-likeness (QED) is 0.782. The molecule has 106 valence electrons. The highest BCUT2D eigenvalue weighted by molar-refractivity contribution is 6.63. The molecule has 0 atom stereocenters. The summed E-state index contributed by atoms with van der Waals surface area (Å²) in [6.45, 7) is 7.35. The lowest BCUT2D eigenvalue weighted by Gasteiger charge is -2.32. The molecule has 0 unspecified atom stereocenters. The largest absolute Gasteiger partial charge is 0.496 e. The third-order valence-corrected chi connectivity index (χ3v) is 3.98. The topological polar surface area (TPSA) is 42.2 Å². The van der Waals surface area contributed by atoms with Crippen LogP contribution >= 0.6 is 0 Å². The van der Waals surface area contributed by atoms with Gasteiger partial charge in [-0.15, -0.1) is 0 Å². The third-order valence-electron chi connectivity index (χ3n) is 3.98. The summed E-state index contributed by atoms with van der Waals surface area (Å²) in [4.78, 5) is 0. The number of nitrogens with zero attached hydrogens (tertiary/aromatic N) is 1. The van der Waals surface area contributed by atoms with E-state index in [1.54, 1.807) is 0 Å². The molecular weight excluding hydrogens is 263 g/mol. The second-order valence-corrected chi connectivity index (χ2v) is 5.81. The van der Waals surface area contributed by atoms with E-state index in [2.05, 4.69) is 0 Å². The summed E-state index contributed by atoms with van der Waals surface area (Å²) in [5.74, 6) is 0. The van der Waals surface area contributed by atoms with Gasteiger partial charge in [0.15, 0.2) is 0 Å². The van der Waals surface area contributed by atoms with Crippen LogP contribution in [0.4, 0.5) is 8.78 Å². The molecule has 3 nitrogen and oxygen atoms in total. The van der Waals surface area contributed by atoms with Crippen LogP contribution in [0.25, 0.3) is 0 Å². The van der Waals surface area contributed by atoms with Gasteiger partial charge in [-0.1, -0.05) is 12.1 Å². The van der Waals surface area contributed by atoms with Gasteiger partial charge in [-0.3, -0.25) is 0 Å². The molecule has 0 spiro atoms. The lowest BCUT2D eigenvalue weighted by atomic mass is 9.73. The van der Waals surface area contributed by atoms with Crippen LogP contribution in [0.1, 0.15) is 45.2 Å². The van der Waals surface area contributed by atoms with E-state index in [0.29, 0.717) is 0 Å². The molecule has 6 heteroatoms. The monoisotopic (exact) mass is 279 g/mol. The fraction of sp³-hybridized carbons (Fsp3) is 0.500. The van der Waals surface area contributed by atoms with Crippen LogP contribution in [0.5, 0.6) is 0 Å². The molecule has 20 heavy (non-hydrogen) atoms. The summed E-state index contributed by atoms with van der Waals surface area (Å²) < 4.78 is 37.9. The Balaban J connectivity index is 2.52. The lowest BCUT2D eigenvalue weighted by Crippen LogP contribution is -2.41. The van der Waals surface area contributed by atoms with Crippen molar-refractivity contribution in [1.29, 1.82) is 5.26 Å². The number of alkyl halides is 2. The molecule has 0 aliphatic carbocycles. The maximum atomic E-state index is 13.2. The van der Waals surface area contributed by atoms with E-state index in [-0.39, 0.29) is 16.6 Å². The Bertz CT molecular complexity index is 551. The fourth-order valence-corrected chi connectivity index (χ4v) is 2.09. The number of rotatable bonds is 2. The number of hydrogen-bond acceptors (Lipinski definition) is 3. The van der Waals surface area contributed by atoms with Crippen LogP contribution in [-0.2, 0) is 9.31 Å². The predicted octanol–water partition coefficient (Wildman–Crippen LogP) is 2.80. The minimum Gasteiger partial charge on any atom is -0.399 e. The molecule has 1 aromatic rings. The first-order valence-electron chi connectivity index (χ1n) is 6.36. The molecule has 0 bridgehead atoms. The van der Waals surface area contributed by atoms with E-state index in [4.69, 9.17) is 14.6 Å². The smallest absolute Gasteiger partial charge is 0.399 e. The van der Waals surface area contributed by atoms with Gasteiger partial charge < -0.3 is 9.31 Å². The van der Waals surface area contributed by atoms with Gasteiger partial charge in [0.1, 0.15) is 0 Å². The molecule has 1 saturated heterocycles. The maximum absolute atomic E-state index is 13.2. The fourth-order valence-electron chi connectivity index (χ4n) is 2.09. The molecule has 1 fully saturated rings. The standard InChI is InChI=1S/C14H16BF2NO2/c1-13(2)14(3,4)20-15(19-13)11-9(8-18)6-5-7-10(11)12(16)17/h5-7,12H,1-4H3. The molecule has 2 rings (SSSR count). The van der Waals surface area contributed by atoms with Gasteiger partial charge in [0.25, 0.3) is 6.43 Å². The summed E-state index contributed by atoms with van der Waals surface area (Å²) in [6, 6.07) is 6.16. The van der Waals surface area contributed by atoms with Crippen LogP contribution in [0.15, 0.2) is 18.2 Å². The normalized spacial score (nSPS) is 20.2. The van der Waals surface area contributed by atoms with Gasteiger partial charge in [0, 0.05) is 11.0 Å². The number of nitriles is 1. The van der Waals surface area contributed by atoms with Crippen molar-refractivity contribution in [3.8, 4) is 6.07 Å². The Morgan fingerprint density at radius 2 is 1.70 bits per heavy atom. The van der Waals surface area contributed by atoms with Gasteiger partial charge in [-0.2, -0.15) is 5.26 Å². The molecule has 1 aromatic carbocycles. The van der Waals surface area contributed by atoms with Crippen LogP contribution in [0, 0.1) is 11.3 Å². The second-order valence-electron chi connectivity index (χ2n) is 5.81. The Morgan fingerprint density at radius 3 is 2.15 bits per heavy atom. The van der Waals surface area contributed by atoms with Crippen molar-refractivity contribution in [2.24, 2.45) is 0 Å². The van der Waals surface area contributed by atoms with E-state index in [1.165, 1.54) is 18.2 Å². The van der Waals surface area contributed by atoms with Crippen molar-refractivity contribution >= 4 is 12.6 Å². The highest BCUT2D eigenvalue weighted by Gasteiger charge is 2.53. The van der Waals surface area contributed by atoms with E-state index >= 15 is 0 Å². The highest BCUT2D eigenvalue weighted by Crippen LogP contribution is 2.37. The molecule has 1 aliphatic heterocycles. The number of benzene rings is 1. The molecule has 1 heterocycles. The predicted molar refractivity (Wildman–Crippen MR) is 71.8 cm³/mol. The summed E-state index contributed by atoms with van der Waals surface area (Å²) >= 11 is 0. The molecule has 0 radical (unpaired) electrons. The van der Waals surface area contributed by atoms with Crippen LogP contribution in [0.2, 0.25) is 0 Å². The zero-order valence-electron chi connectivity index (χ0n) is 11.9. The highest BCUT2D eigenvalue weighted by atomic mass is 19.3. The van der Waals surface area contributed by atoms with Gasteiger partial charge in [-0.25, -0.2) is 8.78 Å². The number of hydrogen-bond donors (Lipinski definition) is 0. The zero-order valence-corrected chi connectivity index (χ0v) is 11.9. The summed E-state index contributed by atoms with van der Waals surface area (Å²) in [5, 5.41) is 9.14. The van der Waals surface area contributed by atoms with Gasteiger partial charge >= 0.3 is 7.12 Å². The van der Waals surface area contributed by atoms with Crippen molar-refractivity contribution in [1.82, 2.24) is 0 Å². The second kappa shape index (κ2) is 4.83. The Hall–Kier alpha value is -1.45. The lowest BCUT2D eigenvalue weighted by molar-refractivity contribution is 0.00578. The summed E-state index contributed by atoms with van der Waals surface area (Å²) in [5.41, 5.74) is -1.22. The van der Waals surface area contributed by atoms with Crippen molar-refractivity contribution in [3.05, 3.63) is 29.3 Å². The Labute approximate surface area is 117 Å². The molecule has 0 saturated carbocycles. The molecular formula is C14H16BF2NO2. The SMILES string of the molecule is CC1(C)OB(c2c(C#N)cccc2C(F)F)OC1(C)C. The minimum atomic E-state index is -2.68. The third kappa shape index (κ3) is 2.32. The van der Waals surface area contributed by atoms with Crippen molar-refractivity contribution in [2.75, 3.05) is 0 Å². The minimum absolute atomic E-state index is 0.128. The first kappa shape index (κ1) is 15.0. The first-order chi connectivity index (χ1) is 9.19. The van der Waals surface area contributed by atoms with Crippen molar-refractivity contribution in [3.63, 3.8) is 0 Å². The van der Waals surface area contributed by atoms with E-state index in [1.807, 2.05) is 33.8 Å². The Kier molecular flexibility index (Phi) is 3.61. The zero-order chi connectivity index (χ0) is 15.1.